The SMILES string of the molecule is CCOC(=O)C1=C(C)N(C)C(=O)N(C)[C@@H]1c1cccs1. The van der Waals surface area contributed by atoms with Crippen LogP contribution in [0.4, 0.5) is 4.79 Å². The molecule has 0 saturated heterocycles. The molecule has 1 aliphatic heterocycles. The molecule has 0 spiro atoms. The normalized spacial score (nSPS) is 19.6. The molecule has 0 aromatic carbocycles. The van der Waals surface area contributed by atoms with E-state index in [1.165, 1.54) is 16.2 Å². The zero-order chi connectivity index (χ0) is 14.9. The molecule has 1 aromatic rings. The third-order valence-electron chi connectivity index (χ3n) is 3.45. The van der Waals surface area contributed by atoms with Crippen LogP contribution in [0.15, 0.2) is 28.8 Å². The van der Waals surface area contributed by atoms with Gasteiger partial charge in [0.05, 0.1) is 12.2 Å². The number of likely N-dealkylation sites (N-methyl/N-ethyl adjacent to an activating group) is 1. The number of carbonyl (C=O) groups excluding carboxylic acids is 2. The molecule has 0 radical (unpaired) electrons. The van der Waals surface area contributed by atoms with Crippen molar-refractivity contribution >= 4 is 23.3 Å². The van der Waals surface area contributed by atoms with Crippen LogP contribution >= 0.6 is 11.3 Å². The molecule has 1 aliphatic rings. The second kappa shape index (κ2) is 5.66. The number of ether oxygens (including phenoxy) is 1. The van der Waals surface area contributed by atoms with E-state index >= 15 is 0 Å². The number of carbonyl (C=O) groups is 2. The number of hydrogen-bond acceptors (Lipinski definition) is 4. The Hall–Kier alpha value is -1.82. The first-order valence-electron chi connectivity index (χ1n) is 6.40. The van der Waals surface area contributed by atoms with Crippen molar-refractivity contribution in [3.8, 4) is 0 Å². The molecule has 20 heavy (non-hydrogen) atoms. The summed E-state index contributed by atoms with van der Waals surface area (Å²) < 4.78 is 5.16. The van der Waals surface area contributed by atoms with Gasteiger partial charge in [-0.1, -0.05) is 6.07 Å². The van der Waals surface area contributed by atoms with Crippen LogP contribution in [0.5, 0.6) is 0 Å². The lowest BCUT2D eigenvalue weighted by Gasteiger charge is -2.38. The minimum Gasteiger partial charge on any atom is -0.463 e. The third kappa shape index (κ3) is 2.31. The van der Waals surface area contributed by atoms with E-state index in [1.807, 2.05) is 17.5 Å². The number of urea groups is 1. The molecule has 0 fully saturated rings. The van der Waals surface area contributed by atoms with Crippen LogP contribution in [0.25, 0.3) is 0 Å². The summed E-state index contributed by atoms with van der Waals surface area (Å²) in [5.41, 5.74) is 1.17. The number of thiophene rings is 1. The summed E-state index contributed by atoms with van der Waals surface area (Å²) in [5, 5.41) is 1.93. The Morgan fingerprint density at radius 2 is 2.15 bits per heavy atom. The molecule has 0 N–H and O–H groups in total. The van der Waals surface area contributed by atoms with Crippen LogP contribution in [0.1, 0.15) is 24.8 Å². The van der Waals surface area contributed by atoms with Crippen molar-refractivity contribution in [2.24, 2.45) is 0 Å². The van der Waals surface area contributed by atoms with Gasteiger partial charge in [0, 0.05) is 24.7 Å². The average Bonchev–Trinajstić information content (AvgIpc) is 2.94. The predicted molar refractivity (Wildman–Crippen MR) is 77.3 cm³/mol. The zero-order valence-electron chi connectivity index (χ0n) is 12.0. The van der Waals surface area contributed by atoms with Gasteiger partial charge in [0.15, 0.2) is 0 Å². The van der Waals surface area contributed by atoms with Gasteiger partial charge in [-0.05, 0) is 25.3 Å². The Kier molecular flexibility index (Phi) is 4.13. The zero-order valence-corrected chi connectivity index (χ0v) is 12.9. The summed E-state index contributed by atoms with van der Waals surface area (Å²) in [6, 6.07) is 3.33. The standard InChI is InChI=1S/C14H18N2O3S/c1-5-19-13(17)11-9(2)15(3)14(18)16(4)12(11)10-7-6-8-20-10/h6-8,12H,5H2,1-4H3/t12-/m1/s1. The predicted octanol–water partition coefficient (Wildman–Crippen LogP) is 2.62. The fraction of sp³-hybridized carbons (Fsp3) is 0.429. The monoisotopic (exact) mass is 294 g/mol. The van der Waals surface area contributed by atoms with E-state index in [4.69, 9.17) is 4.74 Å². The van der Waals surface area contributed by atoms with E-state index in [-0.39, 0.29) is 18.0 Å². The van der Waals surface area contributed by atoms with Crippen molar-refractivity contribution in [2.75, 3.05) is 20.7 Å². The largest absolute Gasteiger partial charge is 0.463 e. The quantitative estimate of drug-likeness (QED) is 0.805. The maximum Gasteiger partial charge on any atom is 0.338 e. The Bertz CT molecular complexity index is 551. The van der Waals surface area contributed by atoms with E-state index in [2.05, 4.69) is 0 Å². The smallest absolute Gasteiger partial charge is 0.338 e. The summed E-state index contributed by atoms with van der Waals surface area (Å²) >= 11 is 1.52. The molecule has 2 heterocycles. The number of nitrogens with zero attached hydrogens (tertiary/aromatic N) is 2. The Labute approximate surface area is 122 Å². The lowest BCUT2D eigenvalue weighted by atomic mass is 9.99. The number of esters is 1. The number of hydrogen-bond donors (Lipinski definition) is 0. The number of allylic oxidation sites excluding steroid dienone is 1. The maximum absolute atomic E-state index is 12.3. The van der Waals surface area contributed by atoms with Crippen molar-refractivity contribution in [2.45, 2.75) is 19.9 Å². The summed E-state index contributed by atoms with van der Waals surface area (Å²) in [4.78, 5) is 28.5. The highest BCUT2D eigenvalue weighted by Gasteiger charge is 2.39. The second-order valence-electron chi connectivity index (χ2n) is 4.59. The summed E-state index contributed by atoms with van der Waals surface area (Å²) in [6.07, 6.45) is 0. The lowest BCUT2D eigenvalue weighted by Crippen LogP contribution is -2.47. The third-order valence-corrected chi connectivity index (χ3v) is 4.38. The molecular formula is C14H18N2O3S. The molecule has 0 saturated carbocycles. The first-order chi connectivity index (χ1) is 9.49. The fourth-order valence-corrected chi connectivity index (χ4v) is 3.19. The molecule has 0 bridgehead atoms. The highest BCUT2D eigenvalue weighted by Crippen LogP contribution is 2.37. The van der Waals surface area contributed by atoms with Crippen molar-refractivity contribution < 1.29 is 14.3 Å². The van der Waals surface area contributed by atoms with Gasteiger partial charge >= 0.3 is 12.0 Å². The summed E-state index contributed by atoms with van der Waals surface area (Å²) in [7, 11) is 3.37. The summed E-state index contributed by atoms with van der Waals surface area (Å²) in [5.74, 6) is -0.366. The molecule has 0 unspecified atom stereocenters. The molecule has 2 rings (SSSR count). The molecule has 5 nitrogen and oxygen atoms in total. The van der Waals surface area contributed by atoms with Crippen molar-refractivity contribution in [3.05, 3.63) is 33.7 Å². The van der Waals surface area contributed by atoms with E-state index < -0.39 is 0 Å². The molecule has 108 valence electrons. The molecule has 1 atom stereocenters. The minimum absolute atomic E-state index is 0.131. The molecule has 2 amide bonds. The lowest BCUT2D eigenvalue weighted by molar-refractivity contribution is -0.139. The van der Waals surface area contributed by atoms with Gasteiger partial charge in [-0.2, -0.15) is 0 Å². The highest BCUT2D eigenvalue weighted by molar-refractivity contribution is 7.10. The van der Waals surface area contributed by atoms with Crippen LogP contribution in [-0.4, -0.2) is 42.5 Å². The Morgan fingerprint density at radius 1 is 1.45 bits per heavy atom. The summed E-state index contributed by atoms with van der Waals surface area (Å²) in [6.45, 7) is 3.86. The van der Waals surface area contributed by atoms with E-state index in [0.717, 1.165) is 4.88 Å². The van der Waals surface area contributed by atoms with E-state index in [9.17, 15) is 9.59 Å². The van der Waals surface area contributed by atoms with Gasteiger partial charge in [0.25, 0.3) is 0 Å². The molecule has 1 aromatic heterocycles. The Morgan fingerprint density at radius 3 is 2.70 bits per heavy atom. The molecule has 0 aliphatic carbocycles. The van der Waals surface area contributed by atoms with Gasteiger partial charge in [-0.15, -0.1) is 11.3 Å². The van der Waals surface area contributed by atoms with Crippen molar-refractivity contribution in [1.29, 1.82) is 0 Å². The first kappa shape index (κ1) is 14.6. The number of amides is 2. The molecule has 6 heteroatoms. The van der Waals surface area contributed by atoms with Crippen LogP contribution in [0, 0.1) is 0 Å². The second-order valence-corrected chi connectivity index (χ2v) is 5.57. The van der Waals surface area contributed by atoms with Crippen LogP contribution in [-0.2, 0) is 9.53 Å². The van der Waals surface area contributed by atoms with Crippen molar-refractivity contribution in [1.82, 2.24) is 9.80 Å². The maximum atomic E-state index is 12.3. The topological polar surface area (TPSA) is 49.9 Å². The Balaban J connectivity index is 2.54. The number of rotatable bonds is 3. The average molecular weight is 294 g/mol. The highest BCUT2D eigenvalue weighted by atomic mass is 32.1. The van der Waals surface area contributed by atoms with Crippen LogP contribution in [0.2, 0.25) is 0 Å². The fourth-order valence-electron chi connectivity index (χ4n) is 2.31. The van der Waals surface area contributed by atoms with Gasteiger partial charge in [0.2, 0.25) is 0 Å². The first-order valence-corrected chi connectivity index (χ1v) is 7.28. The minimum atomic E-state index is -0.377. The molecular weight excluding hydrogens is 276 g/mol. The van der Waals surface area contributed by atoms with Gasteiger partial charge in [-0.25, -0.2) is 9.59 Å². The van der Waals surface area contributed by atoms with E-state index in [1.54, 1.807) is 32.8 Å². The van der Waals surface area contributed by atoms with Crippen molar-refractivity contribution in [3.63, 3.8) is 0 Å². The van der Waals surface area contributed by atoms with Gasteiger partial charge < -0.3 is 14.5 Å². The van der Waals surface area contributed by atoms with Crippen LogP contribution < -0.4 is 0 Å². The van der Waals surface area contributed by atoms with Crippen LogP contribution in [0.3, 0.4) is 0 Å². The van der Waals surface area contributed by atoms with E-state index in [0.29, 0.717) is 17.9 Å². The van der Waals surface area contributed by atoms with Gasteiger partial charge in [0.1, 0.15) is 6.04 Å². The van der Waals surface area contributed by atoms with Gasteiger partial charge in [-0.3, -0.25) is 0 Å².